The summed E-state index contributed by atoms with van der Waals surface area (Å²) in [6.45, 7) is 7.15. The van der Waals surface area contributed by atoms with Gasteiger partial charge in [0, 0.05) is 13.1 Å². The molecule has 186 valence electrons. The number of carboxylic acids is 1. The van der Waals surface area contributed by atoms with Crippen molar-refractivity contribution in [3.63, 3.8) is 0 Å². The van der Waals surface area contributed by atoms with Crippen LogP contribution in [0.1, 0.15) is 64.0 Å². The minimum atomic E-state index is -4.48. The summed E-state index contributed by atoms with van der Waals surface area (Å²) in [6, 6.07) is 11.2. The predicted octanol–water partition coefficient (Wildman–Crippen LogP) is 6.92. The maximum absolute atomic E-state index is 13.5. The number of alkyl halides is 3. The van der Waals surface area contributed by atoms with E-state index in [0.29, 0.717) is 28.4 Å². The average molecular weight is 478 g/mol. The van der Waals surface area contributed by atoms with Crippen molar-refractivity contribution in [2.45, 2.75) is 71.7 Å². The monoisotopic (exact) mass is 477 g/mol. The minimum absolute atomic E-state index is 0.0944. The van der Waals surface area contributed by atoms with Crippen LogP contribution in [0.5, 0.6) is 5.75 Å². The molecule has 0 unspecified atom stereocenters. The zero-order valence-electron chi connectivity index (χ0n) is 20.0. The van der Waals surface area contributed by atoms with Crippen LogP contribution in [0.25, 0.3) is 11.1 Å². The topological polar surface area (TPSA) is 58.6 Å². The molecule has 2 aromatic rings. The smallest absolute Gasteiger partial charge is 0.416 e. The Morgan fingerprint density at radius 2 is 1.74 bits per heavy atom. The van der Waals surface area contributed by atoms with Gasteiger partial charge in [-0.05, 0) is 84.0 Å². The fourth-order valence-corrected chi connectivity index (χ4v) is 4.54. The van der Waals surface area contributed by atoms with E-state index in [1.807, 2.05) is 6.07 Å². The van der Waals surface area contributed by atoms with Crippen LogP contribution >= 0.6 is 0 Å². The summed E-state index contributed by atoms with van der Waals surface area (Å²) in [4.78, 5) is 10.7. The first kappa shape index (κ1) is 26.1. The summed E-state index contributed by atoms with van der Waals surface area (Å²) in [6.07, 6.45) is -0.290. The molecule has 1 fully saturated rings. The second kappa shape index (κ2) is 10.8. The van der Waals surface area contributed by atoms with Gasteiger partial charge in [0.25, 0.3) is 0 Å². The normalized spacial score (nSPS) is 19.1. The molecule has 2 N–H and O–H groups in total. The molecule has 0 atom stereocenters. The SMILES string of the molecule is CC(C)(C)[C@H]1CC[C@H](Oc2cccc(-c3cc(CNCCC(=O)O)cc(C(F)(F)F)c3)c2)CC1. The lowest BCUT2D eigenvalue weighted by Crippen LogP contribution is -2.30. The lowest BCUT2D eigenvalue weighted by Gasteiger charge is -2.37. The van der Waals surface area contributed by atoms with Crippen molar-refractivity contribution in [2.75, 3.05) is 6.54 Å². The summed E-state index contributed by atoms with van der Waals surface area (Å²) >= 11 is 0. The van der Waals surface area contributed by atoms with Gasteiger partial charge in [-0.15, -0.1) is 0 Å². The second-order valence-electron chi connectivity index (χ2n) is 10.2. The molecule has 0 bridgehead atoms. The molecule has 0 amide bonds. The molecule has 0 spiro atoms. The Morgan fingerprint density at radius 1 is 1.03 bits per heavy atom. The predicted molar refractivity (Wildman–Crippen MR) is 127 cm³/mol. The first-order chi connectivity index (χ1) is 15.9. The third kappa shape index (κ3) is 7.49. The molecule has 4 nitrogen and oxygen atoms in total. The van der Waals surface area contributed by atoms with E-state index in [4.69, 9.17) is 9.84 Å². The zero-order valence-corrected chi connectivity index (χ0v) is 20.0. The maximum atomic E-state index is 13.5. The van der Waals surface area contributed by atoms with Gasteiger partial charge >= 0.3 is 12.1 Å². The summed E-state index contributed by atoms with van der Waals surface area (Å²) in [5.41, 5.74) is 1.11. The van der Waals surface area contributed by atoms with Crippen molar-refractivity contribution in [3.05, 3.63) is 53.6 Å². The van der Waals surface area contributed by atoms with Crippen LogP contribution in [0.2, 0.25) is 0 Å². The van der Waals surface area contributed by atoms with E-state index in [1.165, 1.54) is 0 Å². The number of halogens is 3. The molecule has 0 saturated heterocycles. The molecule has 3 rings (SSSR count). The Labute approximate surface area is 199 Å². The first-order valence-electron chi connectivity index (χ1n) is 11.8. The quantitative estimate of drug-likeness (QED) is 0.405. The lowest BCUT2D eigenvalue weighted by atomic mass is 9.72. The molecular formula is C27H34F3NO3. The molecule has 2 aromatic carbocycles. The van der Waals surface area contributed by atoms with E-state index < -0.39 is 17.7 Å². The Morgan fingerprint density at radius 3 is 2.35 bits per heavy atom. The fourth-order valence-electron chi connectivity index (χ4n) is 4.54. The molecule has 1 aliphatic carbocycles. The largest absolute Gasteiger partial charge is 0.490 e. The summed E-state index contributed by atoms with van der Waals surface area (Å²) < 4.78 is 46.8. The lowest BCUT2D eigenvalue weighted by molar-refractivity contribution is -0.138. The molecule has 0 aliphatic heterocycles. The average Bonchev–Trinajstić information content (AvgIpc) is 2.76. The van der Waals surface area contributed by atoms with Crippen molar-refractivity contribution in [1.82, 2.24) is 5.32 Å². The van der Waals surface area contributed by atoms with Crippen molar-refractivity contribution in [2.24, 2.45) is 11.3 Å². The third-order valence-electron chi connectivity index (χ3n) is 6.53. The number of aliphatic carboxylic acids is 1. The van der Waals surface area contributed by atoms with Crippen molar-refractivity contribution >= 4 is 5.97 Å². The van der Waals surface area contributed by atoms with E-state index in [9.17, 15) is 18.0 Å². The number of hydrogen-bond donors (Lipinski definition) is 2. The highest BCUT2D eigenvalue weighted by atomic mass is 19.4. The standard InChI is InChI=1S/C27H34F3NO3/c1-26(2,3)21-7-9-23(10-8-21)34-24-6-4-5-19(16-24)20-13-18(17-31-12-11-25(32)33)14-22(15-20)27(28,29)30/h4-6,13-16,21,23,31H,7-12,17H2,1-3H3,(H,32,33)/t21-,23-. The Hall–Kier alpha value is -2.54. The highest BCUT2D eigenvalue weighted by molar-refractivity contribution is 5.67. The van der Waals surface area contributed by atoms with Gasteiger partial charge in [-0.3, -0.25) is 4.79 Å². The van der Waals surface area contributed by atoms with Crippen molar-refractivity contribution < 1.29 is 27.8 Å². The van der Waals surface area contributed by atoms with E-state index in [2.05, 4.69) is 26.1 Å². The van der Waals surface area contributed by atoms with E-state index >= 15 is 0 Å². The summed E-state index contributed by atoms with van der Waals surface area (Å²) in [5, 5.41) is 11.6. The number of ether oxygens (including phenoxy) is 1. The van der Waals surface area contributed by atoms with Gasteiger partial charge in [0.1, 0.15) is 5.75 Å². The molecule has 34 heavy (non-hydrogen) atoms. The van der Waals surface area contributed by atoms with Crippen LogP contribution in [0, 0.1) is 11.3 Å². The van der Waals surface area contributed by atoms with Crippen LogP contribution in [0.4, 0.5) is 13.2 Å². The number of hydrogen-bond acceptors (Lipinski definition) is 3. The Balaban J connectivity index is 1.75. The van der Waals surface area contributed by atoms with Gasteiger partial charge < -0.3 is 15.2 Å². The number of benzene rings is 2. The number of carbonyl (C=O) groups is 1. The van der Waals surface area contributed by atoms with Crippen molar-refractivity contribution in [1.29, 1.82) is 0 Å². The van der Waals surface area contributed by atoms with E-state index in [-0.39, 0.29) is 31.0 Å². The van der Waals surface area contributed by atoms with Crippen LogP contribution in [0.15, 0.2) is 42.5 Å². The third-order valence-corrected chi connectivity index (χ3v) is 6.53. The molecule has 1 aliphatic rings. The number of rotatable bonds is 8. The van der Waals surface area contributed by atoms with Crippen LogP contribution in [-0.2, 0) is 17.5 Å². The molecular weight excluding hydrogens is 443 g/mol. The molecule has 1 saturated carbocycles. The zero-order chi connectivity index (χ0) is 24.9. The van der Waals surface area contributed by atoms with Gasteiger partial charge in [-0.2, -0.15) is 13.2 Å². The highest BCUT2D eigenvalue weighted by Gasteiger charge is 2.32. The van der Waals surface area contributed by atoms with Crippen molar-refractivity contribution in [3.8, 4) is 16.9 Å². The summed E-state index contributed by atoms with van der Waals surface area (Å²) in [5.74, 6) is 0.377. The Kier molecular flexibility index (Phi) is 8.29. The fraction of sp³-hybridized carbons (Fsp3) is 0.519. The second-order valence-corrected chi connectivity index (χ2v) is 10.2. The number of nitrogens with one attached hydrogen (secondary N) is 1. The molecule has 7 heteroatoms. The van der Waals surface area contributed by atoms with E-state index in [1.54, 1.807) is 24.3 Å². The maximum Gasteiger partial charge on any atom is 0.416 e. The van der Waals surface area contributed by atoms with Gasteiger partial charge in [-0.25, -0.2) is 0 Å². The highest BCUT2D eigenvalue weighted by Crippen LogP contribution is 2.39. The Bertz CT molecular complexity index is 974. The van der Waals surface area contributed by atoms with Gasteiger partial charge in [0.15, 0.2) is 0 Å². The van der Waals surface area contributed by atoms with Crippen LogP contribution in [-0.4, -0.2) is 23.7 Å². The number of carboxylic acid groups (broad SMARTS) is 1. The van der Waals surface area contributed by atoms with Gasteiger partial charge in [-0.1, -0.05) is 32.9 Å². The minimum Gasteiger partial charge on any atom is -0.490 e. The molecule has 0 radical (unpaired) electrons. The van der Waals surface area contributed by atoms with E-state index in [0.717, 1.165) is 37.8 Å². The van der Waals surface area contributed by atoms with Gasteiger partial charge in [0.05, 0.1) is 18.1 Å². The van der Waals surface area contributed by atoms with Crippen LogP contribution in [0.3, 0.4) is 0 Å². The molecule has 0 heterocycles. The first-order valence-corrected chi connectivity index (χ1v) is 11.8. The van der Waals surface area contributed by atoms with Gasteiger partial charge in [0.2, 0.25) is 0 Å². The molecule has 0 aromatic heterocycles. The summed E-state index contributed by atoms with van der Waals surface area (Å²) in [7, 11) is 0. The van der Waals surface area contributed by atoms with Crippen LogP contribution < -0.4 is 10.1 Å².